The fourth-order valence-corrected chi connectivity index (χ4v) is 2.57. The summed E-state index contributed by atoms with van der Waals surface area (Å²) in [4.78, 5) is 18.9. The number of rotatable bonds is 7. The van der Waals surface area contributed by atoms with Gasteiger partial charge < -0.3 is 9.32 Å². The largest absolute Gasteiger partial charge is 0.444 e. The molecule has 4 heteroatoms. The summed E-state index contributed by atoms with van der Waals surface area (Å²) < 4.78 is 5.50. The molecule has 0 atom stereocenters. The number of hydrogen-bond acceptors (Lipinski definition) is 3. The summed E-state index contributed by atoms with van der Waals surface area (Å²) in [5.74, 6) is 1.45. The van der Waals surface area contributed by atoms with Crippen LogP contribution in [0.15, 0.2) is 41.0 Å². The van der Waals surface area contributed by atoms with Crippen LogP contribution in [0.3, 0.4) is 0 Å². The molecule has 0 radical (unpaired) electrons. The van der Waals surface area contributed by atoms with Crippen molar-refractivity contribution in [3.63, 3.8) is 0 Å². The highest BCUT2D eigenvalue weighted by Gasteiger charge is 2.26. The van der Waals surface area contributed by atoms with Gasteiger partial charge in [0, 0.05) is 18.7 Å². The molecule has 0 bridgehead atoms. The molecule has 0 unspecified atom stereocenters. The van der Waals surface area contributed by atoms with E-state index in [0.29, 0.717) is 23.9 Å². The normalized spacial score (nSPS) is 14.0. The molecule has 3 rings (SSSR count). The Morgan fingerprint density at radius 3 is 2.77 bits per heavy atom. The van der Waals surface area contributed by atoms with Crippen LogP contribution in [-0.4, -0.2) is 28.9 Å². The second kappa shape index (κ2) is 6.77. The first kappa shape index (κ1) is 14.8. The van der Waals surface area contributed by atoms with Gasteiger partial charge in [0.15, 0.2) is 0 Å². The van der Waals surface area contributed by atoms with Crippen LogP contribution in [0.2, 0.25) is 0 Å². The van der Waals surface area contributed by atoms with Crippen molar-refractivity contribution in [1.29, 1.82) is 0 Å². The van der Waals surface area contributed by atoms with Crippen LogP contribution in [0, 0.1) is 5.92 Å². The van der Waals surface area contributed by atoms with Gasteiger partial charge in [-0.15, -0.1) is 0 Å². The van der Waals surface area contributed by atoms with E-state index in [1.807, 2.05) is 35.2 Å². The van der Waals surface area contributed by atoms with Crippen molar-refractivity contribution < 1.29 is 9.21 Å². The molecule has 0 aliphatic heterocycles. The minimum atomic E-state index is 0.154. The molecule has 0 saturated heterocycles. The molecule has 0 spiro atoms. The number of carbonyl (C=O) groups is 1. The lowest BCUT2D eigenvalue weighted by molar-refractivity contribution is -0.130. The molecule has 1 fully saturated rings. The SMILES string of the molecule is CCCN(CC1CC1)C(=O)Cc1coc(-c2ccccc2)n1. The summed E-state index contributed by atoms with van der Waals surface area (Å²) >= 11 is 0. The maximum atomic E-state index is 12.5. The lowest BCUT2D eigenvalue weighted by atomic mass is 10.2. The van der Waals surface area contributed by atoms with Crippen molar-refractivity contribution in [2.45, 2.75) is 32.6 Å². The zero-order valence-corrected chi connectivity index (χ0v) is 13.0. The molecule has 2 aromatic rings. The zero-order valence-electron chi connectivity index (χ0n) is 13.0. The number of benzene rings is 1. The Balaban J connectivity index is 1.64. The van der Waals surface area contributed by atoms with Gasteiger partial charge in [0.1, 0.15) is 6.26 Å². The molecule has 1 aromatic heterocycles. The fraction of sp³-hybridized carbons (Fsp3) is 0.444. The minimum absolute atomic E-state index is 0.154. The Morgan fingerprint density at radius 1 is 1.32 bits per heavy atom. The van der Waals surface area contributed by atoms with Gasteiger partial charge in [0.05, 0.1) is 12.1 Å². The van der Waals surface area contributed by atoms with E-state index < -0.39 is 0 Å². The maximum Gasteiger partial charge on any atom is 0.228 e. The van der Waals surface area contributed by atoms with Crippen LogP contribution in [0.1, 0.15) is 31.9 Å². The quantitative estimate of drug-likeness (QED) is 0.785. The van der Waals surface area contributed by atoms with E-state index in [2.05, 4.69) is 11.9 Å². The monoisotopic (exact) mass is 298 g/mol. The molecule has 1 amide bonds. The molecular formula is C18H22N2O2. The number of amides is 1. The second-order valence-electron chi connectivity index (χ2n) is 5.97. The van der Waals surface area contributed by atoms with E-state index in [4.69, 9.17) is 4.42 Å². The maximum absolute atomic E-state index is 12.5. The minimum Gasteiger partial charge on any atom is -0.444 e. The molecular weight excluding hydrogens is 276 g/mol. The molecule has 1 aromatic carbocycles. The van der Waals surface area contributed by atoms with E-state index in [1.165, 1.54) is 12.8 Å². The summed E-state index contributed by atoms with van der Waals surface area (Å²) in [5.41, 5.74) is 1.64. The molecule has 1 aliphatic rings. The van der Waals surface area contributed by atoms with Crippen LogP contribution >= 0.6 is 0 Å². The van der Waals surface area contributed by atoms with Gasteiger partial charge in [-0.1, -0.05) is 25.1 Å². The third-order valence-electron chi connectivity index (χ3n) is 3.93. The first-order chi connectivity index (χ1) is 10.8. The topological polar surface area (TPSA) is 46.3 Å². The predicted octanol–water partition coefficient (Wildman–Crippen LogP) is 3.53. The molecule has 1 heterocycles. The Bertz CT molecular complexity index is 617. The molecule has 0 N–H and O–H groups in total. The van der Waals surface area contributed by atoms with Crippen molar-refractivity contribution in [2.75, 3.05) is 13.1 Å². The Hall–Kier alpha value is -2.10. The Morgan fingerprint density at radius 2 is 2.09 bits per heavy atom. The summed E-state index contributed by atoms with van der Waals surface area (Å²) in [7, 11) is 0. The number of oxazole rings is 1. The van der Waals surface area contributed by atoms with Crippen molar-refractivity contribution in [3.05, 3.63) is 42.3 Å². The smallest absolute Gasteiger partial charge is 0.228 e. The van der Waals surface area contributed by atoms with Crippen LogP contribution in [0.25, 0.3) is 11.5 Å². The van der Waals surface area contributed by atoms with E-state index in [1.54, 1.807) is 6.26 Å². The highest BCUT2D eigenvalue weighted by atomic mass is 16.3. The van der Waals surface area contributed by atoms with Crippen LogP contribution in [-0.2, 0) is 11.2 Å². The lowest BCUT2D eigenvalue weighted by Crippen LogP contribution is -2.34. The van der Waals surface area contributed by atoms with Gasteiger partial charge in [-0.2, -0.15) is 0 Å². The van der Waals surface area contributed by atoms with Gasteiger partial charge in [-0.3, -0.25) is 4.79 Å². The third kappa shape index (κ3) is 3.75. The van der Waals surface area contributed by atoms with Gasteiger partial charge in [0.2, 0.25) is 11.8 Å². The van der Waals surface area contributed by atoms with E-state index in [-0.39, 0.29) is 5.91 Å². The number of carbonyl (C=O) groups excluding carboxylic acids is 1. The summed E-state index contributed by atoms with van der Waals surface area (Å²) in [6.45, 7) is 3.84. The first-order valence-corrected chi connectivity index (χ1v) is 8.04. The fourth-order valence-electron chi connectivity index (χ4n) is 2.57. The lowest BCUT2D eigenvalue weighted by Gasteiger charge is -2.21. The molecule has 22 heavy (non-hydrogen) atoms. The first-order valence-electron chi connectivity index (χ1n) is 8.04. The zero-order chi connectivity index (χ0) is 15.4. The van der Waals surface area contributed by atoms with Gasteiger partial charge in [-0.05, 0) is 37.3 Å². The second-order valence-corrected chi connectivity index (χ2v) is 5.97. The Labute approximate surface area is 131 Å². The third-order valence-corrected chi connectivity index (χ3v) is 3.93. The van der Waals surface area contributed by atoms with Crippen molar-refractivity contribution in [2.24, 2.45) is 5.92 Å². The summed E-state index contributed by atoms with van der Waals surface area (Å²) in [6, 6.07) is 9.76. The molecule has 116 valence electrons. The summed E-state index contributed by atoms with van der Waals surface area (Å²) in [6.07, 6.45) is 5.43. The standard InChI is InChI=1S/C18H22N2O2/c1-2-10-20(12-14-8-9-14)17(21)11-16-13-22-18(19-16)15-6-4-3-5-7-15/h3-7,13-14H,2,8-12H2,1H3. The number of aromatic nitrogens is 1. The van der Waals surface area contributed by atoms with E-state index in [9.17, 15) is 4.79 Å². The van der Waals surface area contributed by atoms with Crippen LogP contribution in [0.5, 0.6) is 0 Å². The highest BCUT2D eigenvalue weighted by Crippen LogP contribution is 2.30. The number of hydrogen-bond donors (Lipinski definition) is 0. The van der Waals surface area contributed by atoms with Crippen molar-refractivity contribution in [1.82, 2.24) is 9.88 Å². The van der Waals surface area contributed by atoms with Crippen molar-refractivity contribution >= 4 is 5.91 Å². The van der Waals surface area contributed by atoms with Crippen LogP contribution in [0.4, 0.5) is 0 Å². The van der Waals surface area contributed by atoms with Crippen LogP contribution < -0.4 is 0 Å². The Kier molecular flexibility index (Phi) is 4.56. The molecule has 4 nitrogen and oxygen atoms in total. The predicted molar refractivity (Wildman–Crippen MR) is 85.2 cm³/mol. The van der Waals surface area contributed by atoms with Gasteiger partial charge >= 0.3 is 0 Å². The summed E-state index contributed by atoms with van der Waals surface area (Å²) in [5, 5.41) is 0. The molecule has 1 saturated carbocycles. The highest BCUT2D eigenvalue weighted by molar-refractivity contribution is 5.78. The molecule has 1 aliphatic carbocycles. The average molecular weight is 298 g/mol. The van der Waals surface area contributed by atoms with E-state index in [0.717, 1.165) is 25.1 Å². The van der Waals surface area contributed by atoms with Crippen molar-refractivity contribution in [3.8, 4) is 11.5 Å². The average Bonchev–Trinajstić information content (AvgIpc) is 3.24. The number of nitrogens with zero attached hydrogens (tertiary/aromatic N) is 2. The van der Waals surface area contributed by atoms with Gasteiger partial charge in [0.25, 0.3) is 0 Å². The van der Waals surface area contributed by atoms with E-state index >= 15 is 0 Å². The van der Waals surface area contributed by atoms with Gasteiger partial charge in [-0.25, -0.2) is 4.98 Å².